The van der Waals surface area contributed by atoms with Gasteiger partial charge in [0.1, 0.15) is 5.54 Å². The van der Waals surface area contributed by atoms with Crippen LogP contribution in [0.25, 0.3) is 0 Å². The monoisotopic (exact) mass is 584 g/mol. The number of aliphatic imine (C=N–C) groups is 1. The standard InChI is InChI=1S/C37H52N4O2/c38-36-39-37(25-28-13-5-1-6-14-28,26-29-15-7-2-8-16-29)35(43)41(36)24-22-30-21-23-40(27-30)34(42)33(31-17-9-3-10-18-31)32-19-11-4-12-20-32/h3-4,9-11,17-19,28-30,33H,1-2,5-8,12-16,20-27H2,(H2,38,39). The van der Waals surface area contributed by atoms with E-state index in [9.17, 15) is 9.59 Å². The highest BCUT2D eigenvalue weighted by molar-refractivity contribution is 6.06. The second-order valence-corrected chi connectivity index (χ2v) is 14.2. The Balaban J connectivity index is 1.10. The number of rotatable bonds is 10. The largest absolute Gasteiger partial charge is 0.369 e. The van der Waals surface area contributed by atoms with Gasteiger partial charge >= 0.3 is 0 Å². The van der Waals surface area contributed by atoms with Crippen LogP contribution in [-0.2, 0) is 9.59 Å². The van der Waals surface area contributed by atoms with Gasteiger partial charge in [-0.15, -0.1) is 0 Å². The summed E-state index contributed by atoms with van der Waals surface area (Å²) in [5, 5.41) is 0. The number of nitrogens with zero attached hydrogens (tertiary/aromatic N) is 3. The zero-order chi connectivity index (χ0) is 29.6. The molecule has 43 heavy (non-hydrogen) atoms. The molecule has 2 heterocycles. The predicted molar refractivity (Wildman–Crippen MR) is 173 cm³/mol. The molecule has 2 unspecified atom stereocenters. The van der Waals surface area contributed by atoms with Crippen LogP contribution in [0.15, 0.2) is 59.1 Å². The molecule has 2 aliphatic heterocycles. The fourth-order valence-corrected chi connectivity index (χ4v) is 8.77. The van der Waals surface area contributed by atoms with Crippen molar-refractivity contribution in [3.63, 3.8) is 0 Å². The van der Waals surface area contributed by atoms with E-state index in [0.717, 1.165) is 57.2 Å². The highest BCUT2D eigenvalue weighted by atomic mass is 16.2. The van der Waals surface area contributed by atoms with Crippen LogP contribution in [0.3, 0.4) is 0 Å². The van der Waals surface area contributed by atoms with Crippen molar-refractivity contribution in [3.8, 4) is 0 Å². The summed E-state index contributed by atoms with van der Waals surface area (Å²) in [5.74, 6) is 2.13. The molecule has 2 saturated carbocycles. The van der Waals surface area contributed by atoms with Gasteiger partial charge < -0.3 is 10.6 Å². The minimum absolute atomic E-state index is 0.161. The lowest BCUT2D eigenvalue weighted by Crippen LogP contribution is -2.47. The quantitative estimate of drug-likeness (QED) is 0.318. The lowest BCUT2D eigenvalue weighted by molar-refractivity contribution is -0.133. The smallest absolute Gasteiger partial charge is 0.257 e. The van der Waals surface area contributed by atoms with Crippen LogP contribution < -0.4 is 5.73 Å². The van der Waals surface area contributed by atoms with Gasteiger partial charge in [0.05, 0.1) is 5.92 Å². The molecule has 3 aliphatic carbocycles. The van der Waals surface area contributed by atoms with Crippen molar-refractivity contribution < 1.29 is 9.59 Å². The number of hydrogen-bond acceptors (Lipinski definition) is 4. The van der Waals surface area contributed by atoms with Gasteiger partial charge in [0.15, 0.2) is 5.96 Å². The molecule has 2 atom stereocenters. The van der Waals surface area contributed by atoms with Gasteiger partial charge in [0.25, 0.3) is 5.91 Å². The van der Waals surface area contributed by atoms with Gasteiger partial charge in [0.2, 0.25) is 5.91 Å². The first-order valence-electron chi connectivity index (χ1n) is 17.4. The zero-order valence-corrected chi connectivity index (χ0v) is 26.1. The summed E-state index contributed by atoms with van der Waals surface area (Å²) in [5.41, 5.74) is 8.21. The van der Waals surface area contributed by atoms with Crippen molar-refractivity contribution in [1.82, 2.24) is 9.80 Å². The summed E-state index contributed by atoms with van der Waals surface area (Å²) in [7, 11) is 0. The summed E-state index contributed by atoms with van der Waals surface area (Å²) in [6.45, 7) is 2.14. The summed E-state index contributed by atoms with van der Waals surface area (Å²) >= 11 is 0. The van der Waals surface area contributed by atoms with Crippen LogP contribution in [0.5, 0.6) is 0 Å². The first-order valence-corrected chi connectivity index (χ1v) is 17.4. The highest BCUT2D eigenvalue weighted by Crippen LogP contribution is 2.42. The molecule has 5 aliphatic rings. The number of amides is 2. The van der Waals surface area contributed by atoms with Crippen molar-refractivity contribution in [3.05, 3.63) is 59.7 Å². The lowest BCUT2D eigenvalue weighted by Gasteiger charge is -2.35. The Morgan fingerprint density at radius 3 is 2.23 bits per heavy atom. The van der Waals surface area contributed by atoms with Gasteiger partial charge in [0, 0.05) is 19.6 Å². The van der Waals surface area contributed by atoms with Crippen LogP contribution in [0.1, 0.15) is 114 Å². The first kappa shape index (κ1) is 30.1. The third kappa shape index (κ3) is 6.94. The van der Waals surface area contributed by atoms with E-state index in [2.05, 4.69) is 35.3 Å². The Labute approximate surface area is 258 Å². The molecule has 0 bridgehead atoms. The van der Waals surface area contributed by atoms with Crippen molar-refractivity contribution in [1.29, 1.82) is 0 Å². The van der Waals surface area contributed by atoms with E-state index in [1.54, 1.807) is 0 Å². The summed E-state index contributed by atoms with van der Waals surface area (Å²) in [4.78, 5) is 37.2. The number of nitrogens with two attached hydrogens (primary N) is 1. The molecule has 6 heteroatoms. The predicted octanol–water partition coefficient (Wildman–Crippen LogP) is 7.12. The van der Waals surface area contributed by atoms with E-state index in [4.69, 9.17) is 10.7 Å². The van der Waals surface area contributed by atoms with Crippen LogP contribution in [0.2, 0.25) is 0 Å². The molecular weight excluding hydrogens is 532 g/mol. The second-order valence-electron chi connectivity index (χ2n) is 14.2. The average molecular weight is 585 g/mol. The van der Waals surface area contributed by atoms with Crippen molar-refractivity contribution in [2.45, 2.75) is 114 Å². The Morgan fingerprint density at radius 1 is 0.930 bits per heavy atom. The van der Waals surface area contributed by atoms with E-state index in [-0.39, 0.29) is 17.7 Å². The minimum Gasteiger partial charge on any atom is -0.369 e. The van der Waals surface area contributed by atoms with E-state index in [1.165, 1.54) is 69.8 Å². The average Bonchev–Trinajstić information content (AvgIpc) is 3.60. The summed E-state index contributed by atoms with van der Waals surface area (Å²) in [6.07, 6.45) is 24.5. The van der Waals surface area contributed by atoms with Crippen LogP contribution in [0, 0.1) is 17.8 Å². The molecule has 2 N–H and O–H groups in total. The van der Waals surface area contributed by atoms with Crippen LogP contribution in [-0.4, -0.2) is 52.7 Å². The molecule has 232 valence electrons. The molecule has 1 aromatic rings. The number of carbonyl (C=O) groups is 2. The first-order chi connectivity index (χ1) is 21.0. The van der Waals surface area contributed by atoms with Crippen molar-refractivity contribution >= 4 is 17.8 Å². The maximum atomic E-state index is 14.2. The minimum atomic E-state index is -0.656. The van der Waals surface area contributed by atoms with Gasteiger partial charge in [-0.2, -0.15) is 0 Å². The molecule has 6 rings (SSSR count). The lowest BCUT2D eigenvalue weighted by atomic mass is 9.73. The Kier molecular flexibility index (Phi) is 9.69. The molecule has 2 amide bonds. The van der Waals surface area contributed by atoms with Crippen molar-refractivity contribution in [2.24, 2.45) is 28.5 Å². The van der Waals surface area contributed by atoms with E-state index >= 15 is 0 Å². The van der Waals surface area contributed by atoms with E-state index in [0.29, 0.717) is 30.3 Å². The molecule has 0 spiro atoms. The molecule has 1 aromatic carbocycles. The van der Waals surface area contributed by atoms with E-state index in [1.807, 2.05) is 23.1 Å². The van der Waals surface area contributed by atoms with E-state index < -0.39 is 5.54 Å². The number of hydrogen-bond donors (Lipinski definition) is 1. The molecule has 0 aromatic heterocycles. The third-order valence-corrected chi connectivity index (χ3v) is 11.1. The topological polar surface area (TPSA) is 79.0 Å². The number of guanidine groups is 1. The molecular formula is C37H52N4O2. The van der Waals surface area contributed by atoms with Gasteiger partial charge in [-0.1, -0.05) is 118 Å². The molecule has 6 nitrogen and oxygen atoms in total. The number of likely N-dealkylation sites (tertiary alicyclic amines) is 1. The zero-order valence-electron chi connectivity index (χ0n) is 26.1. The summed E-state index contributed by atoms with van der Waals surface area (Å²) < 4.78 is 0. The maximum absolute atomic E-state index is 14.2. The van der Waals surface area contributed by atoms with Gasteiger partial charge in [-0.3, -0.25) is 14.5 Å². The maximum Gasteiger partial charge on any atom is 0.257 e. The summed E-state index contributed by atoms with van der Waals surface area (Å²) in [6, 6.07) is 10.2. The number of carbonyl (C=O) groups excluding carboxylic acids is 2. The Bertz CT molecular complexity index is 1190. The highest BCUT2D eigenvalue weighted by Gasteiger charge is 2.50. The number of allylic oxidation sites excluding steroid dienone is 3. The van der Waals surface area contributed by atoms with Crippen LogP contribution in [0.4, 0.5) is 0 Å². The van der Waals surface area contributed by atoms with Gasteiger partial charge in [-0.05, 0) is 61.8 Å². The normalized spacial score (nSPS) is 25.6. The van der Waals surface area contributed by atoms with Gasteiger partial charge in [-0.25, -0.2) is 4.99 Å². The second kappa shape index (κ2) is 13.8. The SMILES string of the molecule is NC1=NC(CC2CCCCC2)(CC2CCCCC2)C(=O)N1CCC1CCN(C(=O)C(C2=CC=CCC2)c2ccccc2)C1. The fourth-order valence-electron chi connectivity index (χ4n) is 8.77. The molecule has 1 saturated heterocycles. The third-order valence-electron chi connectivity index (χ3n) is 11.1. The Hall–Kier alpha value is -2.89. The fraction of sp³-hybridized carbons (Fsp3) is 0.649. The Morgan fingerprint density at radius 2 is 1.60 bits per heavy atom. The van der Waals surface area contributed by atoms with Crippen molar-refractivity contribution in [2.75, 3.05) is 19.6 Å². The number of benzene rings is 1. The molecule has 0 radical (unpaired) electrons. The van der Waals surface area contributed by atoms with Crippen LogP contribution >= 0.6 is 0 Å². The molecule has 3 fully saturated rings.